The smallest absolute Gasteiger partial charge is 0.224 e. The third-order valence-electron chi connectivity index (χ3n) is 6.16. The summed E-state index contributed by atoms with van der Waals surface area (Å²) >= 11 is 0. The maximum absolute atomic E-state index is 12.6. The molecule has 0 radical (unpaired) electrons. The molecule has 0 aromatic rings. The second-order valence-corrected chi connectivity index (χ2v) is 8.02. The quantitative estimate of drug-likeness (QED) is 0.786. The fourth-order valence-electron chi connectivity index (χ4n) is 4.53. The second-order valence-electron chi connectivity index (χ2n) is 8.02. The van der Waals surface area contributed by atoms with Gasteiger partial charge in [0.25, 0.3) is 0 Å². The predicted octanol–water partition coefficient (Wildman–Crippen LogP) is 2.80. The van der Waals surface area contributed by atoms with Gasteiger partial charge in [-0.15, -0.1) is 0 Å². The van der Waals surface area contributed by atoms with Crippen molar-refractivity contribution in [2.75, 3.05) is 39.8 Å². The normalized spacial score (nSPS) is 27.7. The van der Waals surface area contributed by atoms with Crippen molar-refractivity contribution in [1.82, 2.24) is 15.1 Å². The molecule has 1 atom stereocenters. The molecule has 2 fully saturated rings. The summed E-state index contributed by atoms with van der Waals surface area (Å²) in [4.78, 5) is 17.6. The van der Waals surface area contributed by atoms with E-state index in [9.17, 15) is 4.79 Å². The number of carbonyl (C=O) groups excluding carboxylic acids is 1. The summed E-state index contributed by atoms with van der Waals surface area (Å²) in [6, 6.07) is 0.698. The molecular weight excluding hydrogens is 298 g/mol. The van der Waals surface area contributed by atoms with Gasteiger partial charge in [-0.25, -0.2) is 0 Å². The van der Waals surface area contributed by atoms with Crippen LogP contribution in [0.5, 0.6) is 0 Å². The van der Waals surface area contributed by atoms with Gasteiger partial charge in [0.1, 0.15) is 0 Å². The molecule has 24 heavy (non-hydrogen) atoms. The molecule has 0 saturated carbocycles. The van der Waals surface area contributed by atoms with Crippen molar-refractivity contribution >= 4 is 5.91 Å². The zero-order valence-electron chi connectivity index (χ0n) is 15.4. The molecule has 0 spiro atoms. The molecule has 2 heterocycles. The van der Waals surface area contributed by atoms with Crippen LogP contribution in [0.25, 0.3) is 0 Å². The lowest BCUT2D eigenvalue weighted by atomic mass is 9.93. The summed E-state index contributed by atoms with van der Waals surface area (Å²) in [5, 5.41) is 3.22. The zero-order chi connectivity index (χ0) is 16.8. The molecule has 0 unspecified atom stereocenters. The number of hydrogen-bond donors (Lipinski definition) is 1. The highest BCUT2D eigenvalue weighted by Crippen LogP contribution is 2.24. The minimum atomic E-state index is 0.207. The van der Waals surface area contributed by atoms with E-state index in [2.05, 4.69) is 28.2 Å². The monoisotopic (exact) mass is 333 g/mol. The highest BCUT2D eigenvalue weighted by Gasteiger charge is 2.30. The van der Waals surface area contributed by atoms with Gasteiger partial charge < -0.3 is 10.2 Å². The molecule has 0 bridgehead atoms. The van der Waals surface area contributed by atoms with E-state index >= 15 is 0 Å². The van der Waals surface area contributed by atoms with Crippen LogP contribution in [0.2, 0.25) is 0 Å². The minimum Gasteiger partial charge on any atom is -0.356 e. The zero-order valence-corrected chi connectivity index (χ0v) is 15.4. The van der Waals surface area contributed by atoms with Crippen LogP contribution < -0.4 is 5.32 Å². The van der Waals surface area contributed by atoms with Gasteiger partial charge >= 0.3 is 0 Å². The van der Waals surface area contributed by atoms with Crippen molar-refractivity contribution in [3.05, 3.63) is 11.6 Å². The lowest BCUT2D eigenvalue weighted by molar-refractivity contribution is -0.127. The van der Waals surface area contributed by atoms with Crippen LogP contribution in [0.1, 0.15) is 57.8 Å². The first-order chi connectivity index (χ1) is 11.7. The van der Waals surface area contributed by atoms with Crippen molar-refractivity contribution in [2.45, 2.75) is 63.8 Å². The summed E-state index contributed by atoms with van der Waals surface area (Å²) in [5.41, 5.74) is 1.55. The topological polar surface area (TPSA) is 35.6 Å². The van der Waals surface area contributed by atoms with Crippen LogP contribution in [0.4, 0.5) is 0 Å². The standard InChI is InChI=1S/C20H35N3O/c1-22-14-10-19(11-15-22)23-13-5-8-18(16-23)20(24)21-12-9-17-6-3-2-4-7-17/h6,18-19H,2-5,7-16H2,1H3,(H,21,24)/t18-/m0/s1. The molecule has 4 nitrogen and oxygen atoms in total. The Hall–Kier alpha value is -0.870. The molecule has 0 aromatic carbocycles. The van der Waals surface area contributed by atoms with E-state index in [1.54, 1.807) is 5.57 Å². The maximum atomic E-state index is 12.6. The molecule has 2 aliphatic heterocycles. The fourth-order valence-corrected chi connectivity index (χ4v) is 4.53. The Morgan fingerprint density at radius 3 is 2.75 bits per heavy atom. The van der Waals surface area contributed by atoms with Crippen molar-refractivity contribution in [3.8, 4) is 0 Å². The largest absolute Gasteiger partial charge is 0.356 e. The number of piperidine rings is 2. The summed E-state index contributed by atoms with van der Waals surface area (Å²) in [5.74, 6) is 0.503. The molecule has 3 rings (SSSR count). The second kappa shape index (κ2) is 9.00. The van der Waals surface area contributed by atoms with Crippen molar-refractivity contribution in [1.29, 1.82) is 0 Å². The first-order valence-corrected chi connectivity index (χ1v) is 10.1. The van der Waals surface area contributed by atoms with E-state index in [0.717, 1.165) is 25.9 Å². The number of nitrogens with one attached hydrogen (secondary N) is 1. The van der Waals surface area contributed by atoms with Crippen molar-refractivity contribution < 1.29 is 4.79 Å². The predicted molar refractivity (Wildman–Crippen MR) is 99.0 cm³/mol. The average molecular weight is 334 g/mol. The van der Waals surface area contributed by atoms with Crippen molar-refractivity contribution in [2.24, 2.45) is 5.92 Å². The van der Waals surface area contributed by atoms with E-state index in [1.165, 1.54) is 64.6 Å². The van der Waals surface area contributed by atoms with Gasteiger partial charge in [0.05, 0.1) is 5.92 Å². The number of rotatable bonds is 5. The Morgan fingerprint density at radius 1 is 1.17 bits per heavy atom. The van der Waals surface area contributed by atoms with Gasteiger partial charge in [0.15, 0.2) is 0 Å². The van der Waals surface area contributed by atoms with Gasteiger partial charge in [0.2, 0.25) is 5.91 Å². The maximum Gasteiger partial charge on any atom is 0.224 e. The van der Waals surface area contributed by atoms with Gasteiger partial charge in [-0.05, 0) is 84.5 Å². The fraction of sp³-hybridized carbons (Fsp3) is 0.850. The first kappa shape index (κ1) is 17.9. The Kier molecular flexibility index (Phi) is 6.73. The van der Waals surface area contributed by atoms with E-state index in [-0.39, 0.29) is 5.92 Å². The lowest BCUT2D eigenvalue weighted by Gasteiger charge is -2.41. The molecule has 1 amide bonds. The van der Waals surface area contributed by atoms with Crippen LogP contribution >= 0.6 is 0 Å². The molecule has 3 aliphatic rings. The van der Waals surface area contributed by atoms with E-state index in [4.69, 9.17) is 0 Å². The Labute approximate surface area is 147 Å². The number of hydrogen-bond acceptors (Lipinski definition) is 3. The van der Waals surface area contributed by atoms with Crippen LogP contribution in [0.3, 0.4) is 0 Å². The highest BCUT2D eigenvalue weighted by molar-refractivity contribution is 5.79. The molecule has 4 heteroatoms. The van der Waals surface area contributed by atoms with Crippen LogP contribution in [-0.4, -0.2) is 61.5 Å². The Balaban J connectivity index is 1.40. The number of allylic oxidation sites excluding steroid dienone is 1. The van der Waals surface area contributed by atoms with E-state index < -0.39 is 0 Å². The average Bonchev–Trinajstić information content (AvgIpc) is 2.63. The summed E-state index contributed by atoms with van der Waals surface area (Å²) in [6.07, 6.45) is 13.3. The highest BCUT2D eigenvalue weighted by atomic mass is 16.1. The molecule has 136 valence electrons. The third-order valence-corrected chi connectivity index (χ3v) is 6.16. The number of likely N-dealkylation sites (tertiary alicyclic amines) is 2. The number of carbonyl (C=O) groups is 1. The Bertz CT molecular complexity index is 440. The van der Waals surface area contributed by atoms with Gasteiger partial charge in [-0.3, -0.25) is 9.69 Å². The lowest BCUT2D eigenvalue weighted by Crippen LogP contribution is -2.50. The molecule has 1 N–H and O–H groups in total. The number of amides is 1. The molecular formula is C20H35N3O. The SMILES string of the molecule is CN1CCC(N2CCC[C@H](C(=O)NCCC3=CCCCC3)C2)CC1. The Morgan fingerprint density at radius 2 is 2.00 bits per heavy atom. The summed E-state index contributed by atoms with van der Waals surface area (Å²) < 4.78 is 0. The van der Waals surface area contributed by atoms with Crippen molar-refractivity contribution in [3.63, 3.8) is 0 Å². The first-order valence-electron chi connectivity index (χ1n) is 10.1. The van der Waals surface area contributed by atoms with Crippen LogP contribution in [0, 0.1) is 5.92 Å². The number of nitrogens with zero attached hydrogens (tertiary/aromatic N) is 2. The summed E-state index contributed by atoms with van der Waals surface area (Å²) in [7, 11) is 2.21. The van der Waals surface area contributed by atoms with Crippen LogP contribution in [-0.2, 0) is 4.79 Å². The minimum absolute atomic E-state index is 0.207. The molecule has 1 aliphatic carbocycles. The van der Waals surface area contributed by atoms with Gasteiger partial charge in [0, 0.05) is 19.1 Å². The van der Waals surface area contributed by atoms with E-state index in [0.29, 0.717) is 11.9 Å². The molecule has 0 aromatic heterocycles. The van der Waals surface area contributed by atoms with Gasteiger partial charge in [-0.2, -0.15) is 0 Å². The molecule has 2 saturated heterocycles. The van der Waals surface area contributed by atoms with Crippen LogP contribution in [0.15, 0.2) is 11.6 Å². The summed E-state index contributed by atoms with van der Waals surface area (Å²) in [6.45, 7) is 5.39. The third kappa shape index (κ3) is 5.06. The van der Waals surface area contributed by atoms with E-state index in [1.807, 2.05) is 0 Å². The van der Waals surface area contributed by atoms with Gasteiger partial charge in [-0.1, -0.05) is 11.6 Å².